The quantitative estimate of drug-likeness (QED) is 0.752. The second-order valence-corrected chi connectivity index (χ2v) is 7.95. The first-order valence-electron chi connectivity index (χ1n) is 10.2. The van der Waals surface area contributed by atoms with Crippen LogP contribution in [0, 0.1) is 0 Å². The van der Waals surface area contributed by atoms with Crippen molar-refractivity contribution in [1.29, 1.82) is 0 Å². The molecule has 148 valence electrons. The summed E-state index contributed by atoms with van der Waals surface area (Å²) >= 11 is 0. The van der Waals surface area contributed by atoms with E-state index >= 15 is 0 Å². The van der Waals surface area contributed by atoms with Crippen molar-refractivity contribution >= 4 is 5.91 Å². The highest BCUT2D eigenvalue weighted by molar-refractivity contribution is 5.94. The molecule has 1 aliphatic heterocycles. The molecule has 1 saturated heterocycles. The lowest BCUT2D eigenvalue weighted by Crippen LogP contribution is -2.50. The Morgan fingerprint density at radius 2 is 1.71 bits per heavy atom. The second-order valence-electron chi connectivity index (χ2n) is 7.95. The zero-order valence-electron chi connectivity index (χ0n) is 16.4. The first-order chi connectivity index (χ1) is 13.6. The summed E-state index contributed by atoms with van der Waals surface area (Å²) in [6.45, 7) is 2.39. The van der Waals surface area contributed by atoms with Crippen molar-refractivity contribution in [2.75, 3.05) is 26.7 Å². The van der Waals surface area contributed by atoms with Gasteiger partial charge in [0.1, 0.15) is 0 Å². The van der Waals surface area contributed by atoms with Gasteiger partial charge in [-0.05, 0) is 37.0 Å². The summed E-state index contributed by atoms with van der Waals surface area (Å²) in [7, 11) is 2.03. The van der Waals surface area contributed by atoms with Gasteiger partial charge < -0.3 is 5.11 Å². The summed E-state index contributed by atoms with van der Waals surface area (Å²) in [5, 5.41) is 14.0. The van der Waals surface area contributed by atoms with Crippen molar-refractivity contribution in [2.24, 2.45) is 0 Å². The zero-order chi connectivity index (χ0) is 19.5. The molecule has 2 aromatic rings. The number of amides is 1. The number of aliphatic hydroxyl groups excluding tert-OH is 1. The Labute approximate surface area is 167 Å². The Hall–Kier alpha value is -2.21. The summed E-state index contributed by atoms with van der Waals surface area (Å²) in [6, 6.07) is 20.3. The number of likely N-dealkylation sites (N-methyl/N-ethyl adjacent to an activating group) is 1. The Kier molecular flexibility index (Phi) is 5.76. The number of benzene rings is 2. The van der Waals surface area contributed by atoms with Gasteiger partial charge in [0, 0.05) is 38.3 Å². The average molecular weight is 380 g/mol. The summed E-state index contributed by atoms with van der Waals surface area (Å²) in [4.78, 5) is 15.6. The van der Waals surface area contributed by atoms with E-state index in [9.17, 15) is 9.90 Å². The van der Waals surface area contributed by atoms with Crippen molar-refractivity contribution < 1.29 is 9.90 Å². The maximum Gasteiger partial charge on any atom is 0.268 e. The number of carbonyl (C=O) groups is 1. The standard InChI is InChI=1S/C23H29N3O2/c1-24(26(20-12-13-20)23(28)19-10-6-3-7-11-19)22(18-8-4-2-5-9-18)17-25-15-14-21(27)16-25/h2-11,20-22,27H,12-17H2,1H3/t21-,22+/m0/s1. The number of likely N-dealkylation sites (tertiary alicyclic amines) is 1. The van der Waals surface area contributed by atoms with Gasteiger partial charge in [-0.2, -0.15) is 0 Å². The largest absolute Gasteiger partial charge is 0.392 e. The molecule has 0 spiro atoms. The van der Waals surface area contributed by atoms with E-state index in [1.807, 2.05) is 48.5 Å². The predicted molar refractivity (Wildman–Crippen MR) is 110 cm³/mol. The molecular formula is C23H29N3O2. The maximum atomic E-state index is 13.3. The first kappa shape index (κ1) is 19.1. The normalized spacial score (nSPS) is 21.0. The molecule has 2 atom stereocenters. The van der Waals surface area contributed by atoms with Crippen LogP contribution in [0.25, 0.3) is 0 Å². The van der Waals surface area contributed by atoms with Crippen LogP contribution in [-0.4, -0.2) is 64.8 Å². The van der Waals surface area contributed by atoms with Crippen molar-refractivity contribution in [3.8, 4) is 0 Å². The number of β-amino-alcohol motifs (C(OH)–C–C–N with tert-alkyl or cyclic N) is 1. The van der Waals surface area contributed by atoms with Gasteiger partial charge in [-0.1, -0.05) is 48.5 Å². The summed E-state index contributed by atoms with van der Waals surface area (Å²) in [5.41, 5.74) is 1.92. The molecule has 0 bridgehead atoms. The Balaban J connectivity index is 1.60. The van der Waals surface area contributed by atoms with E-state index in [0.29, 0.717) is 6.54 Å². The van der Waals surface area contributed by atoms with E-state index in [1.165, 1.54) is 5.56 Å². The molecule has 1 N–H and O–H groups in total. The molecule has 2 aliphatic rings. The molecule has 0 radical (unpaired) electrons. The SMILES string of the molecule is CN([C@H](CN1CC[C@H](O)C1)c1ccccc1)N(C(=O)c1ccccc1)C1CC1. The smallest absolute Gasteiger partial charge is 0.268 e. The number of hydrazine groups is 1. The van der Waals surface area contributed by atoms with E-state index in [2.05, 4.69) is 34.2 Å². The number of carbonyl (C=O) groups excluding carboxylic acids is 1. The van der Waals surface area contributed by atoms with Crippen LogP contribution in [0.1, 0.15) is 41.2 Å². The topological polar surface area (TPSA) is 47.0 Å². The molecule has 28 heavy (non-hydrogen) atoms. The fourth-order valence-corrected chi connectivity index (χ4v) is 4.09. The van der Waals surface area contributed by atoms with Crippen LogP contribution in [0.3, 0.4) is 0 Å². The van der Waals surface area contributed by atoms with E-state index in [1.54, 1.807) is 0 Å². The lowest BCUT2D eigenvalue weighted by Gasteiger charge is -2.40. The summed E-state index contributed by atoms with van der Waals surface area (Å²) in [6.07, 6.45) is 2.67. The van der Waals surface area contributed by atoms with Crippen LogP contribution in [0.4, 0.5) is 0 Å². The summed E-state index contributed by atoms with van der Waals surface area (Å²) in [5.74, 6) is 0.0630. The maximum absolute atomic E-state index is 13.3. The van der Waals surface area contributed by atoms with Crippen LogP contribution < -0.4 is 0 Å². The highest BCUT2D eigenvalue weighted by atomic mass is 16.3. The van der Waals surface area contributed by atoms with Crippen LogP contribution in [0.15, 0.2) is 60.7 Å². The molecular weight excluding hydrogens is 350 g/mol. The molecule has 2 fully saturated rings. The highest BCUT2D eigenvalue weighted by Gasteiger charge is 2.39. The Bertz CT molecular complexity index is 779. The number of hydrogen-bond donors (Lipinski definition) is 1. The lowest BCUT2D eigenvalue weighted by molar-refractivity contribution is -0.0339. The van der Waals surface area contributed by atoms with Gasteiger partial charge in [0.05, 0.1) is 12.1 Å². The molecule has 1 amide bonds. The van der Waals surface area contributed by atoms with Crippen LogP contribution in [-0.2, 0) is 0 Å². The van der Waals surface area contributed by atoms with E-state index < -0.39 is 0 Å². The number of nitrogens with zero attached hydrogens (tertiary/aromatic N) is 3. The number of aliphatic hydroxyl groups is 1. The van der Waals surface area contributed by atoms with Crippen LogP contribution in [0.2, 0.25) is 0 Å². The fraction of sp³-hybridized carbons (Fsp3) is 0.435. The molecule has 4 rings (SSSR count). The molecule has 1 aliphatic carbocycles. The fourth-order valence-electron chi connectivity index (χ4n) is 4.09. The average Bonchev–Trinajstić information content (AvgIpc) is 3.48. The minimum absolute atomic E-state index is 0.0553. The van der Waals surface area contributed by atoms with Crippen LogP contribution in [0.5, 0.6) is 0 Å². The number of hydrogen-bond acceptors (Lipinski definition) is 4. The third-order valence-electron chi connectivity index (χ3n) is 5.78. The van der Waals surface area contributed by atoms with Gasteiger partial charge in [-0.3, -0.25) is 14.7 Å². The number of rotatable bonds is 7. The van der Waals surface area contributed by atoms with Crippen molar-refractivity contribution in [3.05, 3.63) is 71.8 Å². The van der Waals surface area contributed by atoms with Gasteiger partial charge in [0.15, 0.2) is 0 Å². The second kappa shape index (κ2) is 8.43. The van der Waals surface area contributed by atoms with Crippen molar-refractivity contribution in [2.45, 2.75) is 37.5 Å². The molecule has 0 aromatic heterocycles. The predicted octanol–water partition coefficient (Wildman–Crippen LogP) is 2.95. The third kappa shape index (κ3) is 4.27. The minimum atomic E-state index is -0.243. The van der Waals surface area contributed by atoms with E-state index in [-0.39, 0.29) is 24.1 Å². The molecule has 1 heterocycles. The van der Waals surface area contributed by atoms with Gasteiger partial charge in [0.25, 0.3) is 5.91 Å². The highest BCUT2D eigenvalue weighted by Crippen LogP contribution is 2.34. The Morgan fingerprint density at radius 3 is 2.29 bits per heavy atom. The van der Waals surface area contributed by atoms with E-state index in [0.717, 1.165) is 37.9 Å². The van der Waals surface area contributed by atoms with Crippen molar-refractivity contribution in [3.63, 3.8) is 0 Å². The van der Waals surface area contributed by atoms with Gasteiger partial charge in [-0.25, -0.2) is 5.01 Å². The molecule has 5 nitrogen and oxygen atoms in total. The molecule has 5 heteroatoms. The molecule has 0 unspecified atom stereocenters. The molecule has 1 saturated carbocycles. The van der Waals surface area contributed by atoms with Crippen LogP contribution >= 0.6 is 0 Å². The first-order valence-corrected chi connectivity index (χ1v) is 10.2. The summed E-state index contributed by atoms with van der Waals surface area (Å²) < 4.78 is 0. The van der Waals surface area contributed by atoms with Gasteiger partial charge in [0.2, 0.25) is 0 Å². The zero-order valence-corrected chi connectivity index (χ0v) is 16.4. The Morgan fingerprint density at radius 1 is 1.07 bits per heavy atom. The lowest BCUT2D eigenvalue weighted by atomic mass is 10.1. The molecule has 2 aromatic carbocycles. The monoisotopic (exact) mass is 379 g/mol. The third-order valence-corrected chi connectivity index (χ3v) is 5.78. The minimum Gasteiger partial charge on any atom is -0.392 e. The van der Waals surface area contributed by atoms with Crippen molar-refractivity contribution in [1.82, 2.24) is 14.9 Å². The van der Waals surface area contributed by atoms with Gasteiger partial charge in [-0.15, -0.1) is 0 Å². The van der Waals surface area contributed by atoms with Gasteiger partial charge >= 0.3 is 0 Å². The van der Waals surface area contributed by atoms with E-state index in [4.69, 9.17) is 0 Å².